The van der Waals surface area contributed by atoms with Crippen LogP contribution in [0, 0.1) is 11.8 Å². The van der Waals surface area contributed by atoms with Gasteiger partial charge < -0.3 is 30.5 Å². The smallest absolute Gasteiger partial charge is 0.246 e. The highest BCUT2D eigenvalue weighted by molar-refractivity contribution is 5.97. The van der Waals surface area contributed by atoms with E-state index in [1.54, 1.807) is 4.90 Å². The lowest BCUT2D eigenvalue weighted by Gasteiger charge is -2.42. The maximum absolute atomic E-state index is 14.5. The van der Waals surface area contributed by atoms with E-state index >= 15 is 0 Å². The molecule has 4 aromatic rings. The van der Waals surface area contributed by atoms with Crippen molar-refractivity contribution in [1.29, 1.82) is 0 Å². The normalized spacial score (nSPS) is 20.3. The van der Waals surface area contributed by atoms with Crippen LogP contribution in [0.2, 0.25) is 0 Å². The van der Waals surface area contributed by atoms with E-state index in [0.717, 1.165) is 79.5 Å². The van der Waals surface area contributed by atoms with E-state index in [2.05, 4.69) is 40.2 Å². The van der Waals surface area contributed by atoms with Gasteiger partial charge in [0.25, 0.3) is 0 Å². The van der Waals surface area contributed by atoms with Crippen LogP contribution in [0.4, 0.5) is 0 Å². The number of piperazine rings is 1. The number of nitrogens with one attached hydrogen (secondary N) is 3. The fraction of sp³-hybridized carbons (Fsp3) is 0.405. The molecular weight excluding hydrogens is 638 g/mol. The Morgan fingerprint density at radius 1 is 0.706 bits per heavy atom. The lowest BCUT2D eigenvalue weighted by atomic mass is 9.92. The van der Waals surface area contributed by atoms with E-state index in [0.29, 0.717) is 37.0 Å². The number of carbonyl (C=O) groups excluding carboxylic acids is 3. The minimum absolute atomic E-state index is 0.0846. The van der Waals surface area contributed by atoms with Crippen LogP contribution in [-0.4, -0.2) is 78.9 Å². The minimum Gasteiger partial charge on any atom is -0.457 e. The lowest BCUT2D eigenvalue weighted by molar-refractivity contribution is -0.152. The number of hydrogen-bond donors (Lipinski definition) is 3. The molecule has 3 amide bonds. The number of ether oxygens (including phenoxy) is 1. The third-order valence-corrected chi connectivity index (χ3v) is 10.7. The van der Waals surface area contributed by atoms with Gasteiger partial charge in [0.15, 0.2) is 0 Å². The zero-order valence-electron chi connectivity index (χ0n) is 29.3. The Labute approximate surface area is 300 Å². The van der Waals surface area contributed by atoms with Crippen molar-refractivity contribution < 1.29 is 19.1 Å². The molecule has 9 nitrogen and oxygen atoms in total. The molecule has 3 aliphatic heterocycles. The highest BCUT2D eigenvalue weighted by atomic mass is 16.5. The third-order valence-electron chi connectivity index (χ3n) is 10.7. The molecule has 266 valence electrons. The first-order chi connectivity index (χ1) is 25.0. The van der Waals surface area contributed by atoms with Crippen LogP contribution >= 0.6 is 0 Å². The Bertz CT molecular complexity index is 1790. The van der Waals surface area contributed by atoms with Crippen molar-refractivity contribution in [2.24, 2.45) is 11.8 Å². The number of benzene rings is 4. The summed E-state index contributed by atoms with van der Waals surface area (Å²) in [5.41, 5.74) is 1.87. The van der Waals surface area contributed by atoms with Gasteiger partial charge >= 0.3 is 0 Å². The van der Waals surface area contributed by atoms with Crippen molar-refractivity contribution in [3.8, 4) is 11.5 Å². The first kappa shape index (κ1) is 34.7. The van der Waals surface area contributed by atoms with Crippen LogP contribution in [0.15, 0.2) is 97.1 Å². The predicted molar refractivity (Wildman–Crippen MR) is 199 cm³/mol. The van der Waals surface area contributed by atoms with E-state index in [1.165, 1.54) is 0 Å². The first-order valence-corrected chi connectivity index (χ1v) is 18.6. The largest absolute Gasteiger partial charge is 0.457 e. The molecule has 3 aliphatic rings. The zero-order chi connectivity index (χ0) is 35.0. The van der Waals surface area contributed by atoms with Crippen LogP contribution in [-0.2, 0) is 27.3 Å². The molecular formula is C42H49N5O4. The molecule has 0 aliphatic carbocycles. The number of hydrogen-bond acceptors (Lipinski definition) is 6. The Morgan fingerprint density at radius 3 is 2.06 bits per heavy atom. The fourth-order valence-corrected chi connectivity index (χ4v) is 7.74. The minimum atomic E-state index is -0.802. The molecule has 0 unspecified atom stereocenters. The summed E-state index contributed by atoms with van der Waals surface area (Å²) in [5.74, 6) is 1.86. The number of para-hydroxylation sites is 1. The molecule has 0 bridgehead atoms. The van der Waals surface area contributed by atoms with Gasteiger partial charge in [-0.05, 0) is 110 Å². The van der Waals surface area contributed by atoms with Gasteiger partial charge in [-0.25, -0.2) is 0 Å². The maximum atomic E-state index is 14.5. The van der Waals surface area contributed by atoms with E-state index in [-0.39, 0.29) is 30.8 Å². The van der Waals surface area contributed by atoms with Gasteiger partial charge in [0.1, 0.15) is 23.6 Å². The van der Waals surface area contributed by atoms with Gasteiger partial charge in [-0.15, -0.1) is 0 Å². The number of piperidine rings is 2. The van der Waals surface area contributed by atoms with Crippen LogP contribution in [0.3, 0.4) is 0 Å². The molecule has 7 rings (SSSR count). The Hall–Kier alpha value is -4.73. The Morgan fingerprint density at radius 2 is 1.33 bits per heavy atom. The molecule has 0 saturated carbocycles. The summed E-state index contributed by atoms with van der Waals surface area (Å²) in [5, 5.41) is 12.1. The molecule has 3 heterocycles. The van der Waals surface area contributed by atoms with Gasteiger partial charge in [0, 0.05) is 25.9 Å². The van der Waals surface area contributed by atoms with E-state index in [4.69, 9.17) is 4.74 Å². The van der Waals surface area contributed by atoms with E-state index < -0.39 is 12.1 Å². The summed E-state index contributed by atoms with van der Waals surface area (Å²) in [6.45, 7) is 4.74. The molecule has 0 radical (unpaired) electrons. The second kappa shape index (κ2) is 16.5. The van der Waals surface area contributed by atoms with Crippen molar-refractivity contribution in [2.45, 2.75) is 57.2 Å². The average molecular weight is 688 g/mol. The molecule has 51 heavy (non-hydrogen) atoms. The molecule has 3 saturated heterocycles. The monoisotopic (exact) mass is 687 g/mol. The highest BCUT2D eigenvalue weighted by Crippen LogP contribution is 2.26. The highest BCUT2D eigenvalue weighted by Gasteiger charge is 2.42. The first-order valence-electron chi connectivity index (χ1n) is 18.6. The van der Waals surface area contributed by atoms with Crippen LogP contribution in [0.5, 0.6) is 11.5 Å². The second-order valence-electron chi connectivity index (χ2n) is 14.4. The Kier molecular flexibility index (Phi) is 11.2. The van der Waals surface area contributed by atoms with Gasteiger partial charge in [-0.2, -0.15) is 0 Å². The van der Waals surface area contributed by atoms with Crippen LogP contribution < -0.4 is 20.7 Å². The molecule has 3 N–H and O–H groups in total. The molecule has 0 aromatic heterocycles. The molecule has 4 aromatic carbocycles. The van der Waals surface area contributed by atoms with Crippen molar-refractivity contribution in [2.75, 3.05) is 39.3 Å². The van der Waals surface area contributed by atoms with Crippen molar-refractivity contribution in [3.05, 3.63) is 108 Å². The molecule has 2 atom stereocenters. The fourth-order valence-electron chi connectivity index (χ4n) is 7.74. The quantitative estimate of drug-likeness (QED) is 0.187. The van der Waals surface area contributed by atoms with Gasteiger partial charge in [-0.1, -0.05) is 72.8 Å². The topological polar surface area (TPSA) is 103 Å². The third kappa shape index (κ3) is 8.96. The van der Waals surface area contributed by atoms with Crippen LogP contribution in [0.25, 0.3) is 10.8 Å². The van der Waals surface area contributed by atoms with Gasteiger partial charge in [-0.3, -0.25) is 14.4 Å². The summed E-state index contributed by atoms with van der Waals surface area (Å²) in [4.78, 5) is 46.3. The summed E-state index contributed by atoms with van der Waals surface area (Å²) < 4.78 is 6.01. The number of nitrogens with zero attached hydrogens (tertiary/aromatic N) is 2. The summed E-state index contributed by atoms with van der Waals surface area (Å²) in [7, 11) is 0. The number of carbonyl (C=O) groups is 3. The SMILES string of the molecule is O=C1N[C@@H](Cc2ccc3ccccc3c2)C(=O)N(Cc2ccc(Oc3ccccc3)cc2)[C@H]1CN(CC1CCNCC1)C(=O)CC1CCNCC1. The van der Waals surface area contributed by atoms with Crippen molar-refractivity contribution in [1.82, 2.24) is 25.8 Å². The standard InChI is InChI=1S/C42H49N5O4/c48-40(26-30-16-20-43-21-17-30)46(27-32-18-22-44-23-19-32)29-39-41(49)45-38(25-33-10-13-34-6-4-5-7-35(34)24-33)42(50)47(39)28-31-11-14-37(15-12-31)51-36-8-2-1-3-9-36/h1-15,24,30,32,38-39,43-44H,16-23,25-29H2,(H,45,49)/t38-,39-/m0/s1. The van der Waals surface area contributed by atoms with E-state index in [1.807, 2.05) is 77.7 Å². The van der Waals surface area contributed by atoms with Crippen molar-refractivity contribution >= 4 is 28.5 Å². The maximum Gasteiger partial charge on any atom is 0.246 e. The summed E-state index contributed by atoms with van der Waals surface area (Å²) in [6.07, 6.45) is 4.78. The average Bonchev–Trinajstić information content (AvgIpc) is 3.16. The van der Waals surface area contributed by atoms with Gasteiger partial charge in [0.05, 0.1) is 6.54 Å². The number of amides is 3. The Balaban J connectivity index is 1.14. The lowest BCUT2D eigenvalue weighted by Crippen LogP contribution is -2.66. The van der Waals surface area contributed by atoms with Gasteiger partial charge in [0.2, 0.25) is 17.7 Å². The zero-order valence-corrected chi connectivity index (χ0v) is 29.3. The molecule has 9 heteroatoms. The summed E-state index contributed by atoms with van der Waals surface area (Å²) in [6, 6.07) is 30.1. The van der Waals surface area contributed by atoms with E-state index in [9.17, 15) is 14.4 Å². The second-order valence-corrected chi connectivity index (χ2v) is 14.4. The molecule has 0 spiro atoms. The molecule has 3 fully saturated rings. The predicted octanol–water partition coefficient (Wildman–Crippen LogP) is 5.29. The number of rotatable bonds is 12. The van der Waals surface area contributed by atoms with Crippen LogP contribution in [0.1, 0.15) is 43.2 Å². The van der Waals surface area contributed by atoms with Crippen molar-refractivity contribution in [3.63, 3.8) is 0 Å². The summed E-state index contributed by atoms with van der Waals surface area (Å²) >= 11 is 0. The number of fused-ring (bicyclic) bond motifs is 1.